The minimum atomic E-state index is -0.649. The number of carbonyl (C=O) groups is 1. The summed E-state index contributed by atoms with van der Waals surface area (Å²) in [5.41, 5.74) is 0.948. The Morgan fingerprint density at radius 2 is 1.92 bits per heavy atom. The van der Waals surface area contributed by atoms with Crippen LogP contribution in [0.25, 0.3) is 11.8 Å². The number of aromatic nitrogens is 1. The van der Waals surface area contributed by atoms with E-state index in [4.69, 9.17) is 4.74 Å². The van der Waals surface area contributed by atoms with Gasteiger partial charge >= 0.3 is 5.97 Å². The molecule has 2 rings (SSSR count). The number of esters is 1. The van der Waals surface area contributed by atoms with Crippen molar-refractivity contribution < 1.29 is 14.5 Å². The van der Waals surface area contributed by atoms with Crippen molar-refractivity contribution in [2.24, 2.45) is 0 Å². The Morgan fingerprint density at radius 1 is 1.25 bits per heavy atom. The number of nitrogens with zero attached hydrogens (tertiary/aromatic N) is 2. The van der Waals surface area contributed by atoms with Gasteiger partial charge in [-0.1, -0.05) is 6.07 Å². The second-order valence-electron chi connectivity index (χ2n) is 5.01. The fraction of sp³-hybridized carbons (Fsp3) is 0.176. The smallest absolute Gasteiger partial charge is 0.355 e. The summed E-state index contributed by atoms with van der Waals surface area (Å²) in [4.78, 5) is 34.5. The second kappa shape index (κ2) is 7.36. The molecule has 24 heavy (non-hydrogen) atoms. The molecule has 0 amide bonds. The second-order valence-corrected chi connectivity index (χ2v) is 5.01. The molecule has 0 aliphatic rings. The van der Waals surface area contributed by atoms with Crippen molar-refractivity contribution in [3.8, 4) is 0 Å². The Morgan fingerprint density at radius 3 is 2.50 bits per heavy atom. The number of rotatable bonds is 5. The zero-order valence-corrected chi connectivity index (χ0v) is 13.3. The van der Waals surface area contributed by atoms with E-state index in [1.807, 2.05) is 0 Å². The van der Waals surface area contributed by atoms with E-state index in [0.29, 0.717) is 5.56 Å². The molecule has 0 aliphatic carbocycles. The van der Waals surface area contributed by atoms with Gasteiger partial charge < -0.3 is 4.74 Å². The van der Waals surface area contributed by atoms with Gasteiger partial charge in [-0.3, -0.25) is 19.5 Å². The van der Waals surface area contributed by atoms with Crippen LogP contribution in [0.3, 0.4) is 0 Å². The van der Waals surface area contributed by atoms with Gasteiger partial charge in [-0.05, 0) is 43.2 Å². The monoisotopic (exact) mass is 328 g/mol. The quantitative estimate of drug-likeness (QED) is 0.364. The van der Waals surface area contributed by atoms with Gasteiger partial charge in [-0.25, -0.2) is 4.79 Å². The van der Waals surface area contributed by atoms with Crippen LogP contribution in [0.1, 0.15) is 18.1 Å². The van der Waals surface area contributed by atoms with Gasteiger partial charge in [-0.2, -0.15) is 0 Å². The highest BCUT2D eigenvalue weighted by molar-refractivity contribution is 6.15. The van der Waals surface area contributed by atoms with Crippen LogP contribution < -0.4 is 5.56 Å². The molecule has 1 aromatic heterocycles. The minimum Gasteiger partial charge on any atom is -0.461 e. The maximum atomic E-state index is 12.2. The first-order chi connectivity index (χ1) is 11.4. The molecule has 7 nitrogen and oxygen atoms in total. The third-order valence-electron chi connectivity index (χ3n) is 3.21. The summed E-state index contributed by atoms with van der Waals surface area (Å²) in [6, 6.07) is 8.66. The summed E-state index contributed by atoms with van der Waals surface area (Å²) in [6.07, 6.45) is 3.00. The first-order valence-electron chi connectivity index (χ1n) is 7.25. The predicted octanol–water partition coefficient (Wildman–Crippen LogP) is 2.63. The third kappa shape index (κ3) is 3.95. The topological polar surface area (TPSA) is 91.4 Å². The molecule has 0 N–H and O–H groups in total. The van der Waals surface area contributed by atoms with Gasteiger partial charge in [0.05, 0.1) is 11.5 Å². The Balaban J connectivity index is 2.53. The molecule has 1 heterocycles. The van der Waals surface area contributed by atoms with Gasteiger partial charge in [0.25, 0.3) is 11.2 Å². The lowest BCUT2D eigenvalue weighted by molar-refractivity contribution is -0.384. The van der Waals surface area contributed by atoms with E-state index in [9.17, 15) is 19.7 Å². The number of aryl methyl sites for hydroxylation is 1. The number of non-ortho nitro benzene ring substituents is 1. The minimum absolute atomic E-state index is 0.0411. The Labute approximate surface area is 138 Å². The van der Waals surface area contributed by atoms with Crippen LogP contribution in [-0.2, 0) is 9.53 Å². The van der Waals surface area contributed by atoms with E-state index in [1.54, 1.807) is 19.9 Å². The van der Waals surface area contributed by atoms with Gasteiger partial charge in [0.15, 0.2) is 0 Å². The number of pyridine rings is 1. The van der Waals surface area contributed by atoms with E-state index in [2.05, 4.69) is 0 Å². The molecule has 0 spiro atoms. The van der Waals surface area contributed by atoms with Gasteiger partial charge in [0.2, 0.25) is 0 Å². The lowest BCUT2D eigenvalue weighted by Crippen LogP contribution is -2.23. The molecular formula is C17H16N2O5. The molecule has 0 bridgehead atoms. The Kier molecular flexibility index (Phi) is 5.26. The molecule has 0 saturated heterocycles. The summed E-state index contributed by atoms with van der Waals surface area (Å²) in [7, 11) is 0. The van der Waals surface area contributed by atoms with Crippen molar-refractivity contribution in [2.75, 3.05) is 6.61 Å². The number of benzene rings is 1. The van der Waals surface area contributed by atoms with E-state index >= 15 is 0 Å². The van der Waals surface area contributed by atoms with Crippen LogP contribution in [0.2, 0.25) is 0 Å². The van der Waals surface area contributed by atoms with Crippen LogP contribution in [0.4, 0.5) is 5.69 Å². The number of nitro benzene ring substituents is 1. The van der Waals surface area contributed by atoms with Crippen molar-refractivity contribution >= 4 is 23.4 Å². The molecular weight excluding hydrogens is 312 g/mol. The summed E-state index contributed by atoms with van der Waals surface area (Å²) < 4.78 is 6.22. The molecule has 0 radical (unpaired) electrons. The van der Waals surface area contributed by atoms with E-state index in [-0.39, 0.29) is 23.6 Å². The van der Waals surface area contributed by atoms with Crippen LogP contribution in [-0.4, -0.2) is 22.1 Å². The highest BCUT2D eigenvalue weighted by Crippen LogP contribution is 2.17. The summed E-state index contributed by atoms with van der Waals surface area (Å²) in [5.74, 6) is -0.649. The zero-order valence-electron chi connectivity index (χ0n) is 13.3. The number of hydrogen-bond donors (Lipinski definition) is 0. The average molecular weight is 328 g/mol. The van der Waals surface area contributed by atoms with E-state index in [1.165, 1.54) is 47.2 Å². The van der Waals surface area contributed by atoms with Crippen molar-refractivity contribution in [1.29, 1.82) is 0 Å². The first kappa shape index (κ1) is 17.1. The number of ether oxygens (including phenoxy) is 1. The first-order valence-corrected chi connectivity index (χ1v) is 7.25. The standard InChI is InChI=1S/C17H16N2O5/c1-3-24-17(21)15(18-11-12(2)4-9-16(18)20)10-13-5-7-14(8-6-13)19(22)23/h4-11H,3H2,1-2H3/b15-10-. The molecule has 0 aliphatic heterocycles. The van der Waals surface area contributed by atoms with Gasteiger partial charge in [0, 0.05) is 24.4 Å². The van der Waals surface area contributed by atoms with Crippen molar-refractivity contribution in [1.82, 2.24) is 4.57 Å². The zero-order chi connectivity index (χ0) is 17.7. The highest BCUT2D eigenvalue weighted by Gasteiger charge is 2.15. The lowest BCUT2D eigenvalue weighted by Gasteiger charge is -2.10. The number of carbonyl (C=O) groups excluding carboxylic acids is 1. The largest absolute Gasteiger partial charge is 0.461 e. The highest BCUT2D eigenvalue weighted by atomic mass is 16.6. The van der Waals surface area contributed by atoms with Crippen LogP contribution in [0.5, 0.6) is 0 Å². The molecule has 0 saturated carbocycles. The maximum absolute atomic E-state index is 12.2. The average Bonchev–Trinajstić information content (AvgIpc) is 2.55. The third-order valence-corrected chi connectivity index (χ3v) is 3.21. The summed E-state index contributed by atoms with van der Waals surface area (Å²) >= 11 is 0. The molecule has 1 aromatic carbocycles. The molecule has 0 unspecified atom stereocenters. The summed E-state index contributed by atoms with van der Waals surface area (Å²) in [5, 5.41) is 10.7. The molecule has 124 valence electrons. The van der Waals surface area contributed by atoms with Crippen LogP contribution >= 0.6 is 0 Å². The molecule has 0 fully saturated rings. The SMILES string of the molecule is CCOC(=O)/C(=C/c1ccc([N+](=O)[O-])cc1)n1cc(C)ccc1=O. The Hall–Kier alpha value is -3.22. The van der Waals surface area contributed by atoms with E-state index in [0.717, 1.165) is 5.56 Å². The van der Waals surface area contributed by atoms with Crippen molar-refractivity contribution in [2.45, 2.75) is 13.8 Å². The number of hydrogen-bond acceptors (Lipinski definition) is 5. The van der Waals surface area contributed by atoms with E-state index < -0.39 is 10.9 Å². The summed E-state index contributed by atoms with van der Waals surface area (Å²) in [6.45, 7) is 3.63. The van der Waals surface area contributed by atoms with Crippen LogP contribution in [0.15, 0.2) is 47.4 Å². The fourth-order valence-corrected chi connectivity index (χ4v) is 2.06. The Bertz CT molecular complexity index is 850. The lowest BCUT2D eigenvalue weighted by atomic mass is 10.1. The molecule has 7 heteroatoms. The van der Waals surface area contributed by atoms with Crippen molar-refractivity contribution in [3.63, 3.8) is 0 Å². The normalized spacial score (nSPS) is 11.2. The fourth-order valence-electron chi connectivity index (χ4n) is 2.06. The molecule has 2 aromatic rings. The van der Waals surface area contributed by atoms with Gasteiger partial charge in [0.1, 0.15) is 5.70 Å². The molecule has 0 atom stereocenters. The van der Waals surface area contributed by atoms with Gasteiger partial charge in [-0.15, -0.1) is 0 Å². The number of nitro groups is 1. The maximum Gasteiger partial charge on any atom is 0.355 e. The predicted molar refractivity (Wildman–Crippen MR) is 89.3 cm³/mol. The van der Waals surface area contributed by atoms with Crippen LogP contribution in [0, 0.1) is 17.0 Å². The van der Waals surface area contributed by atoms with Crippen molar-refractivity contribution in [3.05, 3.63) is 74.2 Å².